The van der Waals surface area contributed by atoms with Crippen molar-refractivity contribution in [2.75, 3.05) is 11.9 Å². The largest absolute Gasteiger partial charge is 0.394 e. The Labute approximate surface area is 157 Å². The molecule has 0 saturated carbocycles. The number of nitrogens with zero attached hydrogens (tertiary/aromatic N) is 3. The van der Waals surface area contributed by atoms with E-state index >= 15 is 0 Å². The van der Waals surface area contributed by atoms with E-state index in [1.165, 1.54) is 10.9 Å². The number of aromatic amines is 1. The van der Waals surface area contributed by atoms with Crippen molar-refractivity contribution in [3.8, 4) is 0 Å². The fraction of sp³-hybridized carbons (Fsp3) is 0.294. The highest BCUT2D eigenvalue weighted by atomic mass is 16.6. The van der Waals surface area contributed by atoms with Crippen molar-refractivity contribution in [2.24, 2.45) is 0 Å². The van der Waals surface area contributed by atoms with Crippen LogP contribution < -0.4 is 10.9 Å². The van der Waals surface area contributed by atoms with Gasteiger partial charge in [0.1, 0.15) is 18.3 Å². The molecule has 1 aliphatic rings. The summed E-state index contributed by atoms with van der Waals surface area (Å²) in [6.45, 7) is -0.492. The normalized spacial score (nSPS) is 24.5. The third-order valence-electron chi connectivity index (χ3n) is 4.49. The van der Waals surface area contributed by atoms with Crippen LogP contribution in [0.5, 0.6) is 0 Å². The SMILES string of the molecule is O=C(Nc1nc2c(ncn2[C@@H]2O[C@H](CO)[C@H](O)[C@@H]2O)c(=O)[nH]1)c1ccccc1. The van der Waals surface area contributed by atoms with Crippen LogP contribution in [0.2, 0.25) is 0 Å². The molecule has 0 unspecified atom stereocenters. The van der Waals surface area contributed by atoms with Crippen molar-refractivity contribution in [1.82, 2.24) is 19.5 Å². The number of hydrogen-bond donors (Lipinski definition) is 5. The quantitative estimate of drug-likeness (QED) is 0.380. The van der Waals surface area contributed by atoms with Gasteiger partial charge in [-0.25, -0.2) is 4.98 Å². The molecule has 11 nitrogen and oxygen atoms in total. The van der Waals surface area contributed by atoms with Gasteiger partial charge < -0.3 is 20.1 Å². The van der Waals surface area contributed by atoms with Crippen molar-refractivity contribution < 1.29 is 24.9 Å². The van der Waals surface area contributed by atoms with Gasteiger partial charge in [0, 0.05) is 5.56 Å². The smallest absolute Gasteiger partial charge is 0.280 e. The van der Waals surface area contributed by atoms with Gasteiger partial charge in [-0.05, 0) is 12.1 Å². The van der Waals surface area contributed by atoms with E-state index in [1.54, 1.807) is 30.3 Å². The van der Waals surface area contributed by atoms with Crippen LogP contribution in [0.4, 0.5) is 5.95 Å². The Morgan fingerprint density at radius 1 is 1.25 bits per heavy atom. The maximum Gasteiger partial charge on any atom is 0.280 e. The summed E-state index contributed by atoms with van der Waals surface area (Å²) >= 11 is 0. The number of carbonyl (C=O) groups excluding carboxylic acids is 1. The summed E-state index contributed by atoms with van der Waals surface area (Å²) in [6, 6.07) is 8.38. The Morgan fingerprint density at radius 3 is 2.68 bits per heavy atom. The minimum absolute atomic E-state index is 0.0320. The van der Waals surface area contributed by atoms with E-state index in [9.17, 15) is 24.9 Å². The van der Waals surface area contributed by atoms with Crippen molar-refractivity contribution >= 4 is 23.0 Å². The fourth-order valence-electron chi connectivity index (χ4n) is 3.05. The van der Waals surface area contributed by atoms with Crippen molar-refractivity contribution in [2.45, 2.75) is 24.5 Å². The molecule has 1 fully saturated rings. The molecule has 28 heavy (non-hydrogen) atoms. The topological polar surface area (TPSA) is 163 Å². The summed E-state index contributed by atoms with van der Waals surface area (Å²) in [6.07, 6.45) is -3.54. The van der Waals surface area contributed by atoms with Gasteiger partial charge in [0.2, 0.25) is 5.95 Å². The summed E-state index contributed by atoms with van der Waals surface area (Å²) in [5.41, 5.74) is -0.210. The van der Waals surface area contributed by atoms with E-state index in [2.05, 4.69) is 20.3 Å². The second-order valence-electron chi connectivity index (χ2n) is 6.29. The summed E-state index contributed by atoms with van der Waals surface area (Å²) in [7, 11) is 0. The molecule has 146 valence electrons. The maximum atomic E-state index is 12.3. The van der Waals surface area contributed by atoms with Crippen LogP contribution in [0.15, 0.2) is 41.5 Å². The number of rotatable bonds is 4. The number of carbonyl (C=O) groups is 1. The molecule has 0 radical (unpaired) electrons. The molecular weight excluding hydrogens is 370 g/mol. The first-order valence-corrected chi connectivity index (χ1v) is 8.45. The Hall–Kier alpha value is -3.12. The van der Waals surface area contributed by atoms with Gasteiger partial charge in [-0.1, -0.05) is 18.2 Å². The van der Waals surface area contributed by atoms with Crippen LogP contribution in [-0.2, 0) is 4.74 Å². The average molecular weight is 387 g/mol. The number of hydrogen-bond acceptors (Lipinski definition) is 8. The monoisotopic (exact) mass is 387 g/mol. The predicted octanol–water partition coefficient (Wildman–Crippen LogP) is -1.02. The van der Waals surface area contributed by atoms with Crippen molar-refractivity contribution in [3.63, 3.8) is 0 Å². The standard InChI is InChI=1S/C17H17N5O6/c23-6-9-11(24)12(25)16(28-9)22-7-18-10-13(22)19-17(21-15(10)27)20-14(26)8-4-2-1-3-5-8/h1-5,7,9,11-12,16,23-25H,6H2,(H2,19,20,21,26,27)/t9-,11+,12+,16-/m1/s1. The third-order valence-corrected chi connectivity index (χ3v) is 4.49. The average Bonchev–Trinajstić information content (AvgIpc) is 3.24. The lowest BCUT2D eigenvalue weighted by Crippen LogP contribution is -2.33. The van der Waals surface area contributed by atoms with Gasteiger partial charge in [0.25, 0.3) is 11.5 Å². The lowest BCUT2D eigenvalue weighted by Gasteiger charge is -2.16. The Kier molecular flexibility index (Phi) is 4.65. The fourth-order valence-corrected chi connectivity index (χ4v) is 3.05. The van der Waals surface area contributed by atoms with Crippen LogP contribution in [0.3, 0.4) is 0 Å². The van der Waals surface area contributed by atoms with E-state index < -0.39 is 42.6 Å². The highest BCUT2D eigenvalue weighted by Crippen LogP contribution is 2.30. The van der Waals surface area contributed by atoms with Gasteiger partial charge in [0.05, 0.1) is 12.9 Å². The first-order chi connectivity index (χ1) is 13.5. The third kappa shape index (κ3) is 3.05. The minimum atomic E-state index is -1.36. The second-order valence-corrected chi connectivity index (χ2v) is 6.29. The van der Waals surface area contributed by atoms with Crippen molar-refractivity contribution in [3.05, 3.63) is 52.6 Å². The molecule has 4 atom stereocenters. The molecule has 5 N–H and O–H groups in total. The van der Waals surface area contributed by atoms with Gasteiger partial charge in [-0.2, -0.15) is 4.98 Å². The minimum Gasteiger partial charge on any atom is -0.394 e. The van der Waals surface area contributed by atoms with Gasteiger partial charge in [-0.3, -0.25) is 24.5 Å². The van der Waals surface area contributed by atoms with Crippen LogP contribution in [-0.4, -0.2) is 65.7 Å². The first-order valence-electron chi connectivity index (χ1n) is 8.45. The first kappa shape index (κ1) is 18.3. The zero-order valence-electron chi connectivity index (χ0n) is 14.4. The molecule has 1 aromatic carbocycles. The molecule has 0 aliphatic carbocycles. The number of aliphatic hydroxyl groups excluding tert-OH is 3. The summed E-state index contributed by atoms with van der Waals surface area (Å²) in [5.74, 6) is -0.582. The molecule has 1 amide bonds. The number of anilines is 1. The molecule has 11 heteroatoms. The molecule has 4 rings (SSSR count). The number of ether oxygens (including phenoxy) is 1. The summed E-state index contributed by atoms with van der Waals surface area (Å²) in [4.78, 5) is 35.2. The number of fused-ring (bicyclic) bond motifs is 1. The van der Waals surface area contributed by atoms with E-state index in [-0.39, 0.29) is 17.1 Å². The van der Waals surface area contributed by atoms with E-state index in [0.29, 0.717) is 5.56 Å². The molecule has 3 heterocycles. The lowest BCUT2D eigenvalue weighted by molar-refractivity contribution is -0.0511. The van der Waals surface area contributed by atoms with Crippen LogP contribution in [0.1, 0.15) is 16.6 Å². The Morgan fingerprint density at radius 2 is 2.00 bits per heavy atom. The number of H-pyrrole nitrogens is 1. The molecule has 3 aromatic rings. The summed E-state index contributed by atoms with van der Waals surface area (Å²) < 4.78 is 6.72. The van der Waals surface area contributed by atoms with Crippen LogP contribution in [0.25, 0.3) is 11.2 Å². The highest BCUT2D eigenvalue weighted by Gasteiger charge is 2.44. The maximum absolute atomic E-state index is 12.3. The zero-order valence-corrected chi connectivity index (χ0v) is 14.4. The summed E-state index contributed by atoms with van der Waals surface area (Å²) in [5, 5.41) is 31.9. The van der Waals surface area contributed by atoms with E-state index in [4.69, 9.17) is 4.74 Å². The van der Waals surface area contributed by atoms with Crippen molar-refractivity contribution in [1.29, 1.82) is 0 Å². The number of benzene rings is 1. The van der Waals surface area contributed by atoms with Gasteiger partial charge in [0.15, 0.2) is 17.4 Å². The predicted molar refractivity (Wildman–Crippen MR) is 95.6 cm³/mol. The Balaban J connectivity index is 1.69. The molecule has 1 saturated heterocycles. The molecule has 2 aromatic heterocycles. The number of nitrogens with one attached hydrogen (secondary N) is 2. The number of aromatic nitrogens is 4. The van der Waals surface area contributed by atoms with Gasteiger partial charge in [-0.15, -0.1) is 0 Å². The molecule has 0 bridgehead atoms. The lowest BCUT2D eigenvalue weighted by atomic mass is 10.1. The number of imidazole rings is 1. The van der Waals surface area contributed by atoms with E-state index in [1.807, 2.05) is 0 Å². The molecular formula is C17H17N5O6. The number of amides is 1. The molecule has 0 spiro atoms. The Bertz CT molecular complexity index is 1060. The van der Waals surface area contributed by atoms with Crippen LogP contribution >= 0.6 is 0 Å². The second kappa shape index (κ2) is 7.13. The van der Waals surface area contributed by atoms with Gasteiger partial charge >= 0.3 is 0 Å². The highest BCUT2D eigenvalue weighted by molar-refractivity contribution is 6.03. The molecule has 1 aliphatic heterocycles. The van der Waals surface area contributed by atoms with E-state index in [0.717, 1.165) is 0 Å². The number of aliphatic hydroxyl groups is 3. The zero-order chi connectivity index (χ0) is 19.8. The van der Waals surface area contributed by atoms with Crippen LogP contribution in [0, 0.1) is 0 Å².